The summed E-state index contributed by atoms with van der Waals surface area (Å²) in [6.45, 7) is 1.92. The Kier molecular flexibility index (Phi) is 5.23. The lowest BCUT2D eigenvalue weighted by atomic mass is 10.1. The lowest BCUT2D eigenvalue weighted by Crippen LogP contribution is -2.37. The molecule has 1 unspecified atom stereocenters. The van der Waals surface area contributed by atoms with Gasteiger partial charge in [-0.3, -0.25) is 14.5 Å². The molecule has 2 aromatic carbocycles. The molecule has 154 valence electrons. The highest BCUT2D eigenvalue weighted by Crippen LogP contribution is 2.31. The third-order valence-electron chi connectivity index (χ3n) is 5.65. The Labute approximate surface area is 179 Å². The minimum Gasteiger partial charge on any atom is -0.376 e. The molecule has 0 aliphatic carbocycles. The number of amides is 2. The Balaban J connectivity index is 1.48. The number of para-hydroxylation sites is 1. The summed E-state index contributed by atoms with van der Waals surface area (Å²) in [5.74, 6) is 0.0000332. The summed E-state index contributed by atoms with van der Waals surface area (Å²) in [6, 6.07) is 15.3. The van der Waals surface area contributed by atoms with Gasteiger partial charge in [-0.15, -0.1) is 0 Å². The summed E-state index contributed by atoms with van der Waals surface area (Å²) in [5, 5.41) is 0.680. The fourth-order valence-electron chi connectivity index (χ4n) is 4.10. The van der Waals surface area contributed by atoms with Crippen LogP contribution in [-0.4, -0.2) is 42.6 Å². The van der Waals surface area contributed by atoms with Crippen molar-refractivity contribution in [1.29, 1.82) is 0 Å². The van der Waals surface area contributed by atoms with E-state index in [4.69, 9.17) is 9.72 Å². The van der Waals surface area contributed by atoms with E-state index in [-0.39, 0.29) is 17.9 Å². The number of benzene rings is 2. The highest BCUT2D eigenvalue weighted by molar-refractivity contribution is 7.22. The van der Waals surface area contributed by atoms with E-state index < -0.39 is 0 Å². The molecule has 0 radical (unpaired) electrons. The second-order valence-electron chi connectivity index (χ2n) is 7.71. The summed E-state index contributed by atoms with van der Waals surface area (Å²) >= 11 is 1.52. The number of hydrogen-bond acceptors (Lipinski definition) is 5. The number of ether oxygens (including phenoxy) is 1. The van der Waals surface area contributed by atoms with Crippen molar-refractivity contribution >= 4 is 44.2 Å². The van der Waals surface area contributed by atoms with E-state index in [1.807, 2.05) is 48.5 Å². The van der Waals surface area contributed by atoms with E-state index >= 15 is 0 Å². The Morgan fingerprint density at radius 2 is 2.10 bits per heavy atom. The van der Waals surface area contributed by atoms with Crippen LogP contribution in [-0.2, 0) is 9.53 Å². The number of fused-ring (bicyclic) bond motifs is 1. The van der Waals surface area contributed by atoms with Crippen LogP contribution in [0.5, 0.6) is 0 Å². The topological polar surface area (TPSA) is 62.7 Å². The predicted molar refractivity (Wildman–Crippen MR) is 118 cm³/mol. The largest absolute Gasteiger partial charge is 0.376 e. The second kappa shape index (κ2) is 8.16. The fourth-order valence-corrected chi connectivity index (χ4v) is 5.07. The van der Waals surface area contributed by atoms with Crippen molar-refractivity contribution in [2.75, 3.05) is 29.5 Å². The van der Waals surface area contributed by atoms with Gasteiger partial charge in [0.2, 0.25) is 5.91 Å². The van der Waals surface area contributed by atoms with Crippen molar-refractivity contribution in [2.45, 2.75) is 31.8 Å². The first-order valence-electron chi connectivity index (χ1n) is 10.4. The second-order valence-corrected chi connectivity index (χ2v) is 8.72. The van der Waals surface area contributed by atoms with Gasteiger partial charge in [0, 0.05) is 30.8 Å². The summed E-state index contributed by atoms with van der Waals surface area (Å²) < 4.78 is 6.86. The lowest BCUT2D eigenvalue weighted by Gasteiger charge is -2.24. The zero-order chi connectivity index (χ0) is 20.5. The smallest absolute Gasteiger partial charge is 0.260 e. The van der Waals surface area contributed by atoms with E-state index in [1.165, 1.54) is 11.3 Å². The Bertz CT molecular complexity index is 1060. The van der Waals surface area contributed by atoms with Crippen molar-refractivity contribution in [1.82, 2.24) is 4.98 Å². The molecular formula is C23H23N3O3S. The quantitative estimate of drug-likeness (QED) is 0.618. The van der Waals surface area contributed by atoms with Gasteiger partial charge in [0.15, 0.2) is 5.13 Å². The molecule has 7 heteroatoms. The van der Waals surface area contributed by atoms with Gasteiger partial charge in [0.25, 0.3) is 5.91 Å². The van der Waals surface area contributed by atoms with Gasteiger partial charge in [-0.25, -0.2) is 4.98 Å². The molecule has 3 aromatic rings. The zero-order valence-electron chi connectivity index (χ0n) is 16.6. The molecule has 1 atom stereocenters. The van der Waals surface area contributed by atoms with Crippen molar-refractivity contribution in [3.63, 3.8) is 0 Å². The average Bonchev–Trinajstić information content (AvgIpc) is 3.52. The van der Waals surface area contributed by atoms with E-state index in [1.54, 1.807) is 9.80 Å². The number of thiazole rings is 1. The van der Waals surface area contributed by atoms with Crippen LogP contribution in [0.25, 0.3) is 10.2 Å². The number of aromatic nitrogens is 1. The summed E-state index contributed by atoms with van der Waals surface area (Å²) in [4.78, 5) is 34.0. The average molecular weight is 422 g/mol. The first kappa shape index (κ1) is 19.2. The highest BCUT2D eigenvalue weighted by Gasteiger charge is 2.28. The maximum atomic E-state index is 13.6. The van der Waals surface area contributed by atoms with Crippen molar-refractivity contribution < 1.29 is 14.3 Å². The van der Waals surface area contributed by atoms with Gasteiger partial charge in [-0.1, -0.05) is 29.5 Å². The third-order valence-corrected chi connectivity index (χ3v) is 6.71. The molecule has 5 rings (SSSR count). The molecule has 2 amide bonds. The van der Waals surface area contributed by atoms with Crippen LogP contribution >= 0.6 is 11.3 Å². The molecule has 30 heavy (non-hydrogen) atoms. The molecule has 0 N–H and O–H groups in total. The van der Waals surface area contributed by atoms with Crippen LogP contribution in [0.1, 0.15) is 36.0 Å². The van der Waals surface area contributed by atoms with E-state index in [0.717, 1.165) is 41.8 Å². The fraction of sp³-hybridized carbons (Fsp3) is 0.348. The molecule has 6 nitrogen and oxygen atoms in total. The van der Waals surface area contributed by atoms with E-state index in [0.29, 0.717) is 30.2 Å². The van der Waals surface area contributed by atoms with Gasteiger partial charge in [0.05, 0.1) is 22.9 Å². The number of hydrogen-bond donors (Lipinski definition) is 0. The Morgan fingerprint density at radius 3 is 2.87 bits per heavy atom. The van der Waals surface area contributed by atoms with Gasteiger partial charge in [-0.05, 0) is 49.6 Å². The highest BCUT2D eigenvalue weighted by atomic mass is 32.1. The predicted octanol–water partition coefficient (Wildman–Crippen LogP) is 4.25. The van der Waals surface area contributed by atoms with Gasteiger partial charge >= 0.3 is 0 Å². The van der Waals surface area contributed by atoms with Crippen LogP contribution in [0.4, 0.5) is 10.8 Å². The Morgan fingerprint density at radius 1 is 1.20 bits per heavy atom. The molecule has 2 saturated heterocycles. The molecular weight excluding hydrogens is 398 g/mol. The molecule has 2 aliphatic heterocycles. The minimum atomic E-state index is -0.113. The van der Waals surface area contributed by atoms with Crippen molar-refractivity contribution in [3.8, 4) is 0 Å². The first-order chi connectivity index (χ1) is 14.7. The summed E-state index contributed by atoms with van der Waals surface area (Å²) in [6.07, 6.45) is 3.39. The third kappa shape index (κ3) is 3.70. The number of anilines is 2. The molecule has 0 saturated carbocycles. The molecule has 0 spiro atoms. The summed E-state index contributed by atoms with van der Waals surface area (Å²) in [7, 11) is 0. The molecule has 3 heterocycles. The maximum absolute atomic E-state index is 13.6. The van der Waals surface area contributed by atoms with Crippen LogP contribution in [0, 0.1) is 0 Å². The van der Waals surface area contributed by atoms with Gasteiger partial charge in [0.1, 0.15) is 0 Å². The van der Waals surface area contributed by atoms with Crippen LogP contribution < -0.4 is 9.80 Å². The number of carbonyl (C=O) groups is 2. The number of carbonyl (C=O) groups excluding carboxylic acids is 2. The van der Waals surface area contributed by atoms with E-state index in [9.17, 15) is 9.59 Å². The van der Waals surface area contributed by atoms with Crippen molar-refractivity contribution in [2.24, 2.45) is 0 Å². The lowest BCUT2D eigenvalue weighted by molar-refractivity contribution is -0.117. The van der Waals surface area contributed by atoms with Crippen molar-refractivity contribution in [3.05, 3.63) is 54.1 Å². The van der Waals surface area contributed by atoms with E-state index in [2.05, 4.69) is 0 Å². The SMILES string of the molecule is O=C1CCCN1c1cccc(C(=O)N(CC2CCCO2)c2nc3ccccc3s2)c1. The van der Waals surface area contributed by atoms with Crippen LogP contribution in [0.2, 0.25) is 0 Å². The van der Waals surface area contributed by atoms with Gasteiger partial charge < -0.3 is 9.64 Å². The zero-order valence-corrected chi connectivity index (χ0v) is 17.4. The molecule has 2 aliphatic rings. The number of rotatable bonds is 5. The first-order valence-corrected chi connectivity index (χ1v) is 11.2. The normalized spacial score (nSPS) is 19.0. The minimum absolute atomic E-state index is 0.0179. The molecule has 2 fully saturated rings. The standard InChI is InChI=1S/C23H23N3O3S/c27-21-11-4-12-25(21)17-7-3-6-16(14-17)22(28)26(15-18-8-5-13-29-18)23-24-19-9-1-2-10-20(19)30-23/h1-3,6-7,9-10,14,18H,4-5,8,11-13,15H2. The Hall–Kier alpha value is -2.77. The monoisotopic (exact) mass is 421 g/mol. The summed E-state index contributed by atoms with van der Waals surface area (Å²) in [5.41, 5.74) is 2.23. The van der Waals surface area contributed by atoms with Crippen LogP contribution in [0.15, 0.2) is 48.5 Å². The molecule has 1 aromatic heterocycles. The van der Waals surface area contributed by atoms with Gasteiger partial charge in [-0.2, -0.15) is 0 Å². The number of nitrogens with zero attached hydrogens (tertiary/aromatic N) is 3. The maximum Gasteiger partial charge on any atom is 0.260 e. The van der Waals surface area contributed by atoms with Crippen LogP contribution in [0.3, 0.4) is 0 Å². The molecule has 0 bridgehead atoms.